The molecule has 0 saturated heterocycles. The summed E-state index contributed by atoms with van der Waals surface area (Å²) in [5.41, 5.74) is 8.49. The van der Waals surface area contributed by atoms with E-state index in [-0.39, 0.29) is 6.04 Å². The molecule has 0 aliphatic rings. The first-order chi connectivity index (χ1) is 10.8. The summed E-state index contributed by atoms with van der Waals surface area (Å²) >= 11 is 0. The number of aromatic nitrogens is 2. The zero-order valence-corrected chi connectivity index (χ0v) is 13.0. The minimum atomic E-state index is -0.0391. The lowest BCUT2D eigenvalue weighted by atomic mass is 10.2. The third kappa shape index (κ3) is 5.79. The summed E-state index contributed by atoms with van der Waals surface area (Å²) in [7, 11) is 0. The van der Waals surface area contributed by atoms with E-state index in [1.807, 2.05) is 36.8 Å². The lowest BCUT2D eigenvalue weighted by Gasteiger charge is -2.14. The fraction of sp³-hybridized carbons (Fsp3) is 0.412. The molecule has 0 spiro atoms. The summed E-state index contributed by atoms with van der Waals surface area (Å²) in [6, 6.07) is 6.02. The summed E-state index contributed by atoms with van der Waals surface area (Å²) in [4.78, 5) is 8.16. The zero-order valence-electron chi connectivity index (χ0n) is 13.0. The quantitative estimate of drug-likeness (QED) is 0.688. The van der Waals surface area contributed by atoms with E-state index in [1.165, 1.54) is 11.1 Å². The maximum absolute atomic E-state index is 6.05. The molecular formula is C17H24N4O. The Labute approximate surface area is 131 Å². The smallest absolute Gasteiger partial charge is 0.137 e. The lowest BCUT2D eigenvalue weighted by Crippen LogP contribution is -2.39. The van der Waals surface area contributed by atoms with E-state index < -0.39 is 0 Å². The van der Waals surface area contributed by atoms with E-state index in [0.29, 0.717) is 6.61 Å². The first kappa shape index (κ1) is 16.4. The summed E-state index contributed by atoms with van der Waals surface area (Å²) in [6.45, 7) is 4.20. The molecule has 1 atom stereocenters. The maximum Gasteiger partial charge on any atom is 0.137 e. The van der Waals surface area contributed by atoms with Gasteiger partial charge in [-0.25, -0.2) is 0 Å². The first-order valence-corrected chi connectivity index (χ1v) is 7.70. The van der Waals surface area contributed by atoms with Crippen molar-refractivity contribution in [1.29, 1.82) is 0 Å². The largest absolute Gasteiger partial charge is 0.490 e. The van der Waals surface area contributed by atoms with Crippen LogP contribution in [0.3, 0.4) is 0 Å². The normalized spacial score (nSPS) is 12.1. The van der Waals surface area contributed by atoms with Crippen molar-refractivity contribution in [2.24, 2.45) is 5.73 Å². The Morgan fingerprint density at radius 2 is 2.00 bits per heavy atom. The topological polar surface area (TPSA) is 73.1 Å². The number of hydrogen-bond donors (Lipinski definition) is 2. The fourth-order valence-electron chi connectivity index (χ4n) is 2.07. The van der Waals surface area contributed by atoms with Crippen molar-refractivity contribution < 1.29 is 4.74 Å². The third-order valence-corrected chi connectivity index (χ3v) is 3.39. The van der Waals surface area contributed by atoms with Gasteiger partial charge in [0.15, 0.2) is 0 Å². The van der Waals surface area contributed by atoms with E-state index in [9.17, 15) is 0 Å². The van der Waals surface area contributed by atoms with Crippen LogP contribution in [0.1, 0.15) is 18.1 Å². The second kappa shape index (κ2) is 9.12. The molecule has 2 aromatic heterocycles. The van der Waals surface area contributed by atoms with Gasteiger partial charge in [-0.15, -0.1) is 0 Å². The number of nitrogens with two attached hydrogens (primary N) is 1. The Bertz CT molecular complexity index is 547. The molecule has 0 amide bonds. The van der Waals surface area contributed by atoms with Gasteiger partial charge in [0, 0.05) is 25.1 Å². The SMILES string of the molecule is CCc1cncc(OC[C@@H](N)CNCCc2ccncc2)c1. The lowest BCUT2D eigenvalue weighted by molar-refractivity contribution is 0.283. The Kier molecular flexibility index (Phi) is 6.80. The summed E-state index contributed by atoms with van der Waals surface area (Å²) < 4.78 is 5.69. The van der Waals surface area contributed by atoms with Gasteiger partial charge in [-0.3, -0.25) is 9.97 Å². The van der Waals surface area contributed by atoms with Gasteiger partial charge in [-0.05, 0) is 48.7 Å². The molecule has 5 heteroatoms. The number of hydrogen-bond acceptors (Lipinski definition) is 5. The van der Waals surface area contributed by atoms with Gasteiger partial charge in [0.2, 0.25) is 0 Å². The van der Waals surface area contributed by atoms with Gasteiger partial charge < -0.3 is 15.8 Å². The summed E-state index contributed by atoms with van der Waals surface area (Å²) in [6.07, 6.45) is 9.13. The van der Waals surface area contributed by atoms with E-state index in [4.69, 9.17) is 10.5 Å². The van der Waals surface area contributed by atoms with Gasteiger partial charge in [0.1, 0.15) is 12.4 Å². The van der Waals surface area contributed by atoms with Crippen molar-refractivity contribution in [3.05, 3.63) is 54.1 Å². The maximum atomic E-state index is 6.05. The number of ether oxygens (including phenoxy) is 1. The molecule has 0 aromatic carbocycles. The standard InChI is InChI=1S/C17H24N4O/c1-2-14-9-17(12-21-10-14)22-13-16(18)11-20-8-5-15-3-6-19-7-4-15/h3-4,6-7,9-10,12,16,20H,2,5,8,11,13,18H2,1H3/t16-/m0/s1. The molecule has 0 aliphatic carbocycles. The highest BCUT2D eigenvalue weighted by molar-refractivity contribution is 5.23. The first-order valence-electron chi connectivity index (χ1n) is 7.70. The second-order valence-corrected chi connectivity index (χ2v) is 5.26. The van der Waals surface area contributed by atoms with E-state index in [0.717, 1.165) is 31.7 Å². The molecule has 0 bridgehead atoms. The molecular weight excluding hydrogens is 276 g/mol. The van der Waals surface area contributed by atoms with Crippen LogP contribution in [0, 0.1) is 0 Å². The van der Waals surface area contributed by atoms with Crippen LogP contribution in [0.25, 0.3) is 0 Å². The number of nitrogens with zero attached hydrogens (tertiary/aromatic N) is 2. The van der Waals surface area contributed by atoms with Crippen molar-refractivity contribution in [1.82, 2.24) is 15.3 Å². The molecule has 2 rings (SSSR count). The van der Waals surface area contributed by atoms with E-state index >= 15 is 0 Å². The van der Waals surface area contributed by atoms with Crippen LogP contribution in [0.15, 0.2) is 43.0 Å². The molecule has 0 radical (unpaired) electrons. The fourth-order valence-corrected chi connectivity index (χ4v) is 2.07. The van der Waals surface area contributed by atoms with Gasteiger partial charge in [-0.1, -0.05) is 6.92 Å². The summed E-state index contributed by atoms with van der Waals surface area (Å²) in [5, 5.41) is 3.35. The zero-order chi connectivity index (χ0) is 15.6. The molecule has 22 heavy (non-hydrogen) atoms. The number of rotatable bonds is 9. The predicted molar refractivity (Wildman–Crippen MR) is 87.9 cm³/mol. The monoisotopic (exact) mass is 300 g/mol. The minimum absolute atomic E-state index is 0.0391. The number of pyridine rings is 2. The molecule has 118 valence electrons. The van der Waals surface area contributed by atoms with Gasteiger partial charge in [0.05, 0.1) is 12.2 Å². The Morgan fingerprint density at radius 3 is 2.77 bits per heavy atom. The molecule has 3 N–H and O–H groups in total. The van der Waals surface area contributed by atoms with E-state index in [1.54, 1.807) is 6.20 Å². The Morgan fingerprint density at radius 1 is 1.18 bits per heavy atom. The van der Waals surface area contributed by atoms with Gasteiger partial charge >= 0.3 is 0 Å². The highest BCUT2D eigenvalue weighted by atomic mass is 16.5. The van der Waals surface area contributed by atoms with Gasteiger partial charge in [-0.2, -0.15) is 0 Å². The predicted octanol–water partition coefficient (Wildman–Crippen LogP) is 1.58. The molecule has 0 aliphatic heterocycles. The minimum Gasteiger partial charge on any atom is -0.490 e. The molecule has 5 nitrogen and oxygen atoms in total. The van der Waals surface area contributed by atoms with Crippen LogP contribution in [-0.4, -0.2) is 35.7 Å². The Balaban J connectivity index is 1.62. The molecule has 0 fully saturated rings. The van der Waals surface area contributed by atoms with Gasteiger partial charge in [0.25, 0.3) is 0 Å². The number of aryl methyl sites for hydroxylation is 1. The second-order valence-electron chi connectivity index (χ2n) is 5.26. The van der Waals surface area contributed by atoms with E-state index in [2.05, 4.69) is 22.2 Å². The summed E-state index contributed by atoms with van der Waals surface area (Å²) in [5.74, 6) is 0.784. The average Bonchev–Trinajstić information content (AvgIpc) is 2.58. The Hall–Kier alpha value is -1.98. The van der Waals surface area contributed by atoms with Crippen LogP contribution < -0.4 is 15.8 Å². The number of nitrogens with one attached hydrogen (secondary N) is 1. The molecule has 2 aromatic rings. The van der Waals surface area contributed by atoms with Crippen molar-refractivity contribution in [2.75, 3.05) is 19.7 Å². The van der Waals surface area contributed by atoms with Crippen molar-refractivity contribution in [3.8, 4) is 5.75 Å². The van der Waals surface area contributed by atoms with Crippen molar-refractivity contribution in [3.63, 3.8) is 0 Å². The molecule has 0 unspecified atom stereocenters. The van der Waals surface area contributed by atoms with Crippen LogP contribution >= 0.6 is 0 Å². The highest BCUT2D eigenvalue weighted by Gasteiger charge is 2.04. The van der Waals surface area contributed by atoms with Crippen LogP contribution in [0.5, 0.6) is 5.75 Å². The van der Waals surface area contributed by atoms with Crippen molar-refractivity contribution in [2.45, 2.75) is 25.8 Å². The highest BCUT2D eigenvalue weighted by Crippen LogP contribution is 2.11. The van der Waals surface area contributed by atoms with Crippen LogP contribution in [0.4, 0.5) is 0 Å². The van der Waals surface area contributed by atoms with Crippen molar-refractivity contribution >= 4 is 0 Å². The van der Waals surface area contributed by atoms with Crippen LogP contribution in [-0.2, 0) is 12.8 Å². The average molecular weight is 300 g/mol. The molecule has 2 heterocycles. The van der Waals surface area contributed by atoms with Crippen LogP contribution in [0.2, 0.25) is 0 Å². The molecule has 0 saturated carbocycles. The third-order valence-electron chi connectivity index (χ3n) is 3.39.